The summed E-state index contributed by atoms with van der Waals surface area (Å²) in [6, 6.07) is 1.93. The second-order valence-electron chi connectivity index (χ2n) is 4.56. The molecule has 2 aromatic rings. The average molecular weight is 203 g/mol. The molecule has 3 heteroatoms. The van der Waals surface area contributed by atoms with Gasteiger partial charge < -0.3 is 0 Å². The maximum Gasteiger partial charge on any atom is 0.160 e. The lowest BCUT2D eigenvalue weighted by Gasteiger charge is -2.19. The molecule has 0 aromatic carbocycles. The van der Waals surface area contributed by atoms with Crippen molar-refractivity contribution in [1.29, 1.82) is 0 Å². The minimum absolute atomic E-state index is 0.0911. The Hall–Kier alpha value is -1.38. The summed E-state index contributed by atoms with van der Waals surface area (Å²) in [6.45, 7) is 8.63. The number of hydrogen-bond acceptors (Lipinski definition) is 2. The van der Waals surface area contributed by atoms with Gasteiger partial charge in [-0.2, -0.15) is 0 Å². The molecule has 0 N–H and O–H groups in total. The highest BCUT2D eigenvalue weighted by Crippen LogP contribution is 2.28. The molecular weight excluding hydrogens is 186 g/mol. The second-order valence-corrected chi connectivity index (χ2v) is 4.56. The summed E-state index contributed by atoms with van der Waals surface area (Å²) in [4.78, 5) is 9.05. The molecule has 3 nitrogen and oxygen atoms in total. The summed E-state index contributed by atoms with van der Waals surface area (Å²) in [6.07, 6.45) is 4.90. The van der Waals surface area contributed by atoms with Crippen LogP contribution in [0.1, 0.15) is 38.7 Å². The van der Waals surface area contributed by atoms with Gasteiger partial charge in [0.05, 0.1) is 5.69 Å². The summed E-state index contributed by atoms with van der Waals surface area (Å²) in [5.74, 6) is 1.01. The number of aromatic nitrogens is 3. The first-order chi connectivity index (χ1) is 7.06. The summed E-state index contributed by atoms with van der Waals surface area (Å²) in [5.41, 5.74) is 2.18. The van der Waals surface area contributed by atoms with Crippen molar-refractivity contribution in [2.45, 2.75) is 39.5 Å². The zero-order chi connectivity index (χ0) is 11.1. The monoisotopic (exact) mass is 203 g/mol. The van der Waals surface area contributed by atoms with E-state index in [-0.39, 0.29) is 5.41 Å². The van der Waals surface area contributed by atoms with E-state index < -0.39 is 0 Å². The van der Waals surface area contributed by atoms with E-state index in [1.54, 1.807) is 0 Å². The van der Waals surface area contributed by atoms with Gasteiger partial charge in [-0.15, -0.1) is 0 Å². The Morgan fingerprint density at radius 3 is 2.80 bits per heavy atom. The quantitative estimate of drug-likeness (QED) is 0.751. The second kappa shape index (κ2) is 3.33. The van der Waals surface area contributed by atoms with Gasteiger partial charge >= 0.3 is 0 Å². The molecule has 0 aliphatic carbocycles. The number of rotatable bonds is 2. The van der Waals surface area contributed by atoms with E-state index in [1.807, 2.05) is 29.8 Å². The van der Waals surface area contributed by atoms with Crippen LogP contribution in [0.5, 0.6) is 0 Å². The van der Waals surface area contributed by atoms with Crippen molar-refractivity contribution in [2.24, 2.45) is 0 Å². The molecule has 0 atom stereocenters. The van der Waals surface area contributed by atoms with Crippen LogP contribution in [0.25, 0.3) is 5.65 Å². The lowest BCUT2D eigenvalue weighted by Crippen LogP contribution is -2.16. The molecule has 0 aliphatic rings. The van der Waals surface area contributed by atoms with Crippen LogP contribution in [-0.2, 0) is 5.41 Å². The minimum Gasteiger partial charge on any atom is -0.288 e. The highest BCUT2D eigenvalue weighted by atomic mass is 15.1. The molecule has 0 bridgehead atoms. The van der Waals surface area contributed by atoms with Gasteiger partial charge in [-0.3, -0.25) is 4.40 Å². The van der Waals surface area contributed by atoms with Gasteiger partial charge in [0.1, 0.15) is 5.82 Å². The molecule has 2 heterocycles. The van der Waals surface area contributed by atoms with Crippen LogP contribution < -0.4 is 0 Å². The zero-order valence-electron chi connectivity index (χ0n) is 9.78. The molecule has 15 heavy (non-hydrogen) atoms. The van der Waals surface area contributed by atoms with Crippen LogP contribution in [0, 0.1) is 6.92 Å². The largest absolute Gasteiger partial charge is 0.288 e. The van der Waals surface area contributed by atoms with E-state index in [1.165, 1.54) is 0 Å². The number of nitrogens with zero attached hydrogens (tertiary/aromatic N) is 3. The number of imidazole rings is 1. The zero-order valence-corrected chi connectivity index (χ0v) is 9.78. The van der Waals surface area contributed by atoms with Gasteiger partial charge in [0.15, 0.2) is 5.65 Å². The molecule has 80 valence electrons. The van der Waals surface area contributed by atoms with Crippen LogP contribution in [0.2, 0.25) is 0 Å². The van der Waals surface area contributed by atoms with Crippen molar-refractivity contribution >= 4 is 5.65 Å². The molecule has 2 rings (SSSR count). The van der Waals surface area contributed by atoms with Crippen LogP contribution >= 0.6 is 0 Å². The molecular formula is C12H17N3. The van der Waals surface area contributed by atoms with Crippen LogP contribution in [0.3, 0.4) is 0 Å². The van der Waals surface area contributed by atoms with E-state index in [2.05, 4.69) is 30.7 Å². The Kier molecular flexibility index (Phi) is 2.25. The normalized spacial score (nSPS) is 12.3. The predicted molar refractivity (Wildman–Crippen MR) is 61.0 cm³/mol. The molecule has 0 aliphatic heterocycles. The Morgan fingerprint density at radius 2 is 2.13 bits per heavy atom. The van der Waals surface area contributed by atoms with E-state index in [0.29, 0.717) is 0 Å². The first-order valence-electron chi connectivity index (χ1n) is 5.36. The van der Waals surface area contributed by atoms with E-state index >= 15 is 0 Å². The fraction of sp³-hybridized carbons (Fsp3) is 0.500. The Balaban J connectivity index is 2.72. The highest BCUT2D eigenvalue weighted by molar-refractivity contribution is 5.48. The third-order valence-corrected chi connectivity index (χ3v) is 3.11. The van der Waals surface area contributed by atoms with Crippen molar-refractivity contribution in [3.8, 4) is 0 Å². The topological polar surface area (TPSA) is 30.2 Å². The minimum atomic E-state index is 0.0911. The molecule has 0 amide bonds. The molecule has 0 spiro atoms. The number of aryl methyl sites for hydroxylation is 1. The van der Waals surface area contributed by atoms with Gasteiger partial charge in [-0.25, -0.2) is 9.97 Å². The van der Waals surface area contributed by atoms with Crippen molar-refractivity contribution < 1.29 is 0 Å². The molecule has 0 saturated carbocycles. The van der Waals surface area contributed by atoms with Crippen LogP contribution in [0.15, 0.2) is 18.5 Å². The first-order valence-corrected chi connectivity index (χ1v) is 5.36. The van der Waals surface area contributed by atoms with Crippen molar-refractivity contribution in [3.63, 3.8) is 0 Å². The van der Waals surface area contributed by atoms with E-state index in [9.17, 15) is 0 Å². The third kappa shape index (κ3) is 1.52. The van der Waals surface area contributed by atoms with Gasteiger partial charge in [0.2, 0.25) is 0 Å². The maximum atomic E-state index is 4.63. The Bertz CT molecular complexity index is 483. The lowest BCUT2D eigenvalue weighted by atomic mass is 9.86. The molecule has 2 aromatic heterocycles. The molecule has 0 radical (unpaired) electrons. The van der Waals surface area contributed by atoms with E-state index in [0.717, 1.165) is 23.6 Å². The third-order valence-electron chi connectivity index (χ3n) is 3.11. The first kappa shape index (κ1) is 10.1. The fourth-order valence-electron chi connectivity index (χ4n) is 1.69. The molecule has 0 saturated heterocycles. The van der Waals surface area contributed by atoms with Crippen molar-refractivity contribution in [2.75, 3.05) is 0 Å². The number of hydrogen-bond donors (Lipinski definition) is 0. The van der Waals surface area contributed by atoms with Crippen molar-refractivity contribution in [1.82, 2.24) is 14.4 Å². The van der Waals surface area contributed by atoms with Crippen LogP contribution in [-0.4, -0.2) is 14.4 Å². The smallest absolute Gasteiger partial charge is 0.160 e. The highest BCUT2D eigenvalue weighted by Gasteiger charge is 2.25. The van der Waals surface area contributed by atoms with Gasteiger partial charge in [0, 0.05) is 17.8 Å². The van der Waals surface area contributed by atoms with E-state index in [4.69, 9.17) is 0 Å². The molecule has 0 fully saturated rings. The van der Waals surface area contributed by atoms with Gasteiger partial charge in [-0.1, -0.05) is 20.8 Å². The fourth-order valence-corrected chi connectivity index (χ4v) is 1.69. The van der Waals surface area contributed by atoms with Crippen LogP contribution in [0.4, 0.5) is 0 Å². The Labute approximate surface area is 90.2 Å². The maximum absolute atomic E-state index is 4.63. The molecule has 0 unspecified atom stereocenters. The SMILES string of the molecule is CCC(C)(C)c1nc(C)n2cccnc12. The predicted octanol–water partition coefficient (Wildman–Crippen LogP) is 2.73. The lowest BCUT2D eigenvalue weighted by molar-refractivity contribution is 0.495. The summed E-state index contributed by atoms with van der Waals surface area (Å²) < 4.78 is 2.05. The Morgan fingerprint density at radius 1 is 1.40 bits per heavy atom. The standard InChI is InChI=1S/C12H17N3/c1-5-12(3,4)10-11-13-7-6-8-15(11)9(2)14-10/h6-8H,5H2,1-4H3. The van der Waals surface area contributed by atoms with Gasteiger partial charge in [0.25, 0.3) is 0 Å². The summed E-state index contributed by atoms with van der Waals surface area (Å²) in [7, 11) is 0. The summed E-state index contributed by atoms with van der Waals surface area (Å²) in [5, 5.41) is 0. The number of fused-ring (bicyclic) bond motifs is 1. The summed E-state index contributed by atoms with van der Waals surface area (Å²) >= 11 is 0. The van der Waals surface area contributed by atoms with Crippen molar-refractivity contribution in [3.05, 3.63) is 30.0 Å². The average Bonchev–Trinajstić information content (AvgIpc) is 2.58. The van der Waals surface area contributed by atoms with Gasteiger partial charge in [-0.05, 0) is 19.4 Å².